The van der Waals surface area contributed by atoms with Crippen molar-refractivity contribution in [2.75, 3.05) is 5.75 Å². The number of nitrogens with one attached hydrogen (secondary N) is 1. The van der Waals surface area contributed by atoms with Crippen molar-refractivity contribution in [1.29, 1.82) is 0 Å². The second kappa shape index (κ2) is 10.2. The summed E-state index contributed by atoms with van der Waals surface area (Å²) in [6, 6.07) is 20.2. The Labute approximate surface area is 200 Å². The first kappa shape index (κ1) is 23.7. The van der Waals surface area contributed by atoms with Crippen LogP contribution < -0.4 is 0 Å². The van der Waals surface area contributed by atoms with Crippen LogP contribution in [0.3, 0.4) is 0 Å². The zero-order valence-electron chi connectivity index (χ0n) is 19.7. The highest BCUT2D eigenvalue weighted by Crippen LogP contribution is 2.24. The van der Waals surface area contributed by atoms with Crippen LogP contribution >= 0.6 is 0 Å². The summed E-state index contributed by atoms with van der Waals surface area (Å²) in [4.78, 5) is 11.5. The second-order valence-electron chi connectivity index (χ2n) is 8.70. The Morgan fingerprint density at radius 2 is 1.59 bits per heavy atom. The molecule has 34 heavy (non-hydrogen) atoms. The maximum Gasteiger partial charge on any atom is 0.152 e. The molecule has 0 aliphatic carbocycles. The Morgan fingerprint density at radius 3 is 2.29 bits per heavy atom. The van der Waals surface area contributed by atoms with E-state index in [0.29, 0.717) is 6.42 Å². The minimum absolute atomic E-state index is 0.214. The van der Waals surface area contributed by atoms with E-state index in [-0.39, 0.29) is 16.9 Å². The van der Waals surface area contributed by atoms with Gasteiger partial charge in [-0.1, -0.05) is 19.1 Å². The average Bonchev–Trinajstić information content (AvgIpc) is 3.50. The molecule has 7 heteroatoms. The van der Waals surface area contributed by atoms with Gasteiger partial charge in [0.2, 0.25) is 0 Å². The molecule has 0 fully saturated rings. The first-order valence-electron chi connectivity index (χ1n) is 11.5. The van der Waals surface area contributed by atoms with Gasteiger partial charge in [-0.25, -0.2) is 8.42 Å². The highest BCUT2D eigenvalue weighted by atomic mass is 32.2. The smallest absolute Gasteiger partial charge is 0.152 e. The minimum Gasteiger partial charge on any atom is -0.360 e. The van der Waals surface area contributed by atoms with Gasteiger partial charge in [0, 0.05) is 30.5 Å². The molecule has 0 saturated carbocycles. The molecular weight excluding hydrogens is 444 g/mol. The topological polar surface area (TPSA) is 80.6 Å². The molecule has 5 rings (SSSR count). The van der Waals surface area contributed by atoms with Crippen molar-refractivity contribution in [3.05, 3.63) is 91.0 Å². The van der Waals surface area contributed by atoms with Crippen LogP contribution in [-0.2, 0) is 9.84 Å². The van der Waals surface area contributed by atoms with E-state index in [2.05, 4.69) is 56.8 Å². The number of pyridine rings is 2. The molecular formula is C27H30N4O2S. The molecule has 0 saturated heterocycles. The third-order valence-corrected chi connectivity index (χ3v) is 8.31. The first-order valence-corrected chi connectivity index (χ1v) is 13.2. The summed E-state index contributed by atoms with van der Waals surface area (Å²) in [5, 5.41) is -0.308. The molecule has 0 unspecified atom stereocenters. The van der Waals surface area contributed by atoms with Crippen LogP contribution in [0.5, 0.6) is 0 Å². The lowest BCUT2D eigenvalue weighted by Gasteiger charge is -2.14. The monoisotopic (exact) mass is 474 g/mol. The van der Waals surface area contributed by atoms with Crippen molar-refractivity contribution in [3.8, 4) is 5.69 Å². The number of sulfone groups is 1. The van der Waals surface area contributed by atoms with Crippen molar-refractivity contribution in [2.45, 2.75) is 38.4 Å². The van der Waals surface area contributed by atoms with Crippen LogP contribution in [0.4, 0.5) is 0 Å². The van der Waals surface area contributed by atoms with Crippen LogP contribution in [-0.4, -0.2) is 38.9 Å². The summed E-state index contributed by atoms with van der Waals surface area (Å²) in [5.74, 6) is 0.451. The fraction of sp³-hybridized carbons (Fsp3) is 0.259. The number of hydrogen-bond donors (Lipinski definition) is 1. The quantitative estimate of drug-likeness (QED) is 0.332. The minimum atomic E-state index is -2.98. The average molecular weight is 475 g/mol. The van der Waals surface area contributed by atoms with Crippen LogP contribution in [0.2, 0.25) is 0 Å². The Bertz CT molecular complexity index is 1440. The van der Waals surface area contributed by atoms with Gasteiger partial charge in [0.15, 0.2) is 9.84 Å². The van der Waals surface area contributed by atoms with E-state index in [1.54, 1.807) is 26.2 Å². The summed E-state index contributed by atoms with van der Waals surface area (Å²) in [6.45, 7) is 5.57. The molecule has 176 valence electrons. The van der Waals surface area contributed by atoms with Crippen LogP contribution in [0, 0.1) is 0 Å². The number of benzene rings is 1. The highest BCUT2D eigenvalue weighted by molar-refractivity contribution is 7.91. The molecule has 1 aromatic carbocycles. The van der Waals surface area contributed by atoms with E-state index in [1.165, 1.54) is 0 Å². The van der Waals surface area contributed by atoms with Gasteiger partial charge in [0.05, 0.1) is 33.1 Å². The van der Waals surface area contributed by atoms with Gasteiger partial charge in [0.1, 0.15) is 0 Å². The normalized spacial score (nSPS) is 12.6. The Balaban J connectivity index is 0.000000252. The molecule has 0 amide bonds. The molecule has 4 heterocycles. The molecule has 0 aliphatic heterocycles. The van der Waals surface area contributed by atoms with Gasteiger partial charge in [-0.2, -0.15) is 0 Å². The third-order valence-electron chi connectivity index (χ3n) is 6.07. The van der Waals surface area contributed by atoms with E-state index < -0.39 is 9.84 Å². The first-order chi connectivity index (χ1) is 16.3. The van der Waals surface area contributed by atoms with E-state index in [4.69, 9.17) is 0 Å². The van der Waals surface area contributed by atoms with Gasteiger partial charge in [-0.15, -0.1) is 0 Å². The maximum atomic E-state index is 12.0. The molecule has 1 atom stereocenters. The lowest BCUT2D eigenvalue weighted by atomic mass is 9.98. The van der Waals surface area contributed by atoms with Gasteiger partial charge in [-0.05, 0) is 80.3 Å². The van der Waals surface area contributed by atoms with Crippen molar-refractivity contribution in [2.24, 2.45) is 0 Å². The lowest BCUT2D eigenvalue weighted by Crippen LogP contribution is -2.18. The number of aromatic amines is 1. The number of H-pyrrole nitrogens is 1. The lowest BCUT2D eigenvalue weighted by molar-refractivity contribution is 0.580. The predicted molar refractivity (Wildman–Crippen MR) is 139 cm³/mol. The summed E-state index contributed by atoms with van der Waals surface area (Å²) in [5.41, 5.74) is 6.41. The van der Waals surface area contributed by atoms with E-state index in [9.17, 15) is 8.42 Å². The van der Waals surface area contributed by atoms with Gasteiger partial charge < -0.3 is 9.55 Å². The maximum absolute atomic E-state index is 12.0. The highest BCUT2D eigenvalue weighted by Gasteiger charge is 2.18. The van der Waals surface area contributed by atoms with Gasteiger partial charge in [-0.3, -0.25) is 9.97 Å². The number of fused-ring (bicyclic) bond motifs is 2. The van der Waals surface area contributed by atoms with Crippen LogP contribution in [0.15, 0.2) is 85.5 Å². The molecule has 0 aliphatic rings. The number of nitrogens with zero attached hydrogens (tertiary/aromatic N) is 3. The van der Waals surface area contributed by atoms with Crippen molar-refractivity contribution in [3.63, 3.8) is 0 Å². The number of hydrogen-bond acceptors (Lipinski definition) is 4. The molecule has 1 N–H and O–H groups in total. The largest absolute Gasteiger partial charge is 0.360 e. The van der Waals surface area contributed by atoms with E-state index in [0.717, 1.165) is 33.3 Å². The number of aromatic nitrogens is 4. The number of rotatable bonds is 6. The summed E-state index contributed by atoms with van der Waals surface area (Å²) in [7, 11) is -2.98. The SMILES string of the molecule is CC(C)S(=O)(=O)CC[C@H](C)c1ccc(-n2ccc3ncccc32)cc1.c1cnc2cc[nH]c2c1. The summed E-state index contributed by atoms with van der Waals surface area (Å²) < 4.78 is 26.1. The van der Waals surface area contributed by atoms with Crippen LogP contribution in [0.1, 0.15) is 38.7 Å². The van der Waals surface area contributed by atoms with Crippen molar-refractivity contribution >= 4 is 31.9 Å². The molecule has 0 radical (unpaired) electrons. The molecule has 4 aromatic heterocycles. The fourth-order valence-corrected chi connectivity index (χ4v) is 4.93. The van der Waals surface area contributed by atoms with Gasteiger partial charge >= 0.3 is 0 Å². The van der Waals surface area contributed by atoms with E-state index in [1.807, 2.05) is 42.7 Å². The summed E-state index contributed by atoms with van der Waals surface area (Å²) in [6.07, 6.45) is 8.14. The zero-order chi connectivity index (χ0) is 24.1. The molecule has 5 aromatic rings. The molecule has 0 spiro atoms. The van der Waals surface area contributed by atoms with E-state index >= 15 is 0 Å². The molecule has 6 nitrogen and oxygen atoms in total. The zero-order valence-corrected chi connectivity index (χ0v) is 20.5. The van der Waals surface area contributed by atoms with Crippen molar-refractivity contribution in [1.82, 2.24) is 19.5 Å². The van der Waals surface area contributed by atoms with Crippen LogP contribution in [0.25, 0.3) is 27.8 Å². The Kier molecular flexibility index (Phi) is 7.12. The fourth-order valence-electron chi connectivity index (χ4n) is 3.78. The Morgan fingerprint density at radius 1 is 0.882 bits per heavy atom. The summed E-state index contributed by atoms with van der Waals surface area (Å²) >= 11 is 0. The van der Waals surface area contributed by atoms with Gasteiger partial charge in [0.25, 0.3) is 0 Å². The second-order valence-corrected chi connectivity index (χ2v) is 11.4. The predicted octanol–water partition coefficient (Wildman–Crippen LogP) is 5.91. The standard InChI is InChI=1S/C20H24N2O2S.C7H6N2/c1-15(2)25(23,24)14-11-16(3)17-6-8-18(9-7-17)22-13-10-19-20(22)5-4-12-21-19;1-2-6-7(8-4-1)3-5-9-6/h4-10,12-13,15-16H,11,14H2,1-3H3;1-5,9H/t16-;/m0./s1. The van der Waals surface area contributed by atoms with Crippen molar-refractivity contribution < 1.29 is 8.42 Å². The molecule has 0 bridgehead atoms. The Hall–Kier alpha value is -3.45. The third kappa shape index (κ3) is 5.37.